The number of allylic oxidation sites excluding steroid dienone is 1. The molecule has 1 atom stereocenters. The standard InChI is InChI=1S/C17H19N5O5/c18-11(16(24)20-12-4-2-1-3-10(12)17(25)26)7-14-21-15(22-27-14)13-6-5-9(23)8-19-13/h5-6,8,11,23H,1-4,7,18H2,(H,20,24)(H,25,26)/t11-/m0/s1. The van der Waals surface area contributed by atoms with E-state index in [0.717, 1.165) is 12.8 Å². The number of hydrogen-bond acceptors (Lipinski definition) is 8. The molecule has 2 heterocycles. The van der Waals surface area contributed by atoms with E-state index < -0.39 is 17.9 Å². The third-order valence-corrected chi connectivity index (χ3v) is 4.18. The molecule has 1 aliphatic carbocycles. The number of nitrogens with two attached hydrogens (primary N) is 1. The molecule has 0 bridgehead atoms. The molecule has 3 rings (SSSR count). The number of rotatable bonds is 6. The van der Waals surface area contributed by atoms with E-state index >= 15 is 0 Å². The normalized spacial score (nSPS) is 15.4. The van der Waals surface area contributed by atoms with Gasteiger partial charge in [0.2, 0.25) is 17.6 Å². The average Bonchev–Trinajstić information content (AvgIpc) is 3.11. The van der Waals surface area contributed by atoms with Crippen molar-refractivity contribution in [2.45, 2.75) is 38.1 Å². The van der Waals surface area contributed by atoms with Gasteiger partial charge in [-0.05, 0) is 37.8 Å². The van der Waals surface area contributed by atoms with Gasteiger partial charge in [-0.2, -0.15) is 4.98 Å². The van der Waals surface area contributed by atoms with Gasteiger partial charge in [0.05, 0.1) is 24.2 Å². The van der Waals surface area contributed by atoms with Gasteiger partial charge in [0, 0.05) is 5.70 Å². The summed E-state index contributed by atoms with van der Waals surface area (Å²) in [5.41, 5.74) is 6.93. The molecule has 2 aromatic heterocycles. The zero-order chi connectivity index (χ0) is 19.4. The Morgan fingerprint density at radius 1 is 1.30 bits per heavy atom. The molecule has 0 saturated carbocycles. The van der Waals surface area contributed by atoms with E-state index in [2.05, 4.69) is 20.4 Å². The number of carbonyl (C=O) groups excluding carboxylic acids is 1. The van der Waals surface area contributed by atoms with Crippen LogP contribution in [0.2, 0.25) is 0 Å². The van der Waals surface area contributed by atoms with Crippen LogP contribution in [0, 0.1) is 0 Å². The van der Waals surface area contributed by atoms with Gasteiger partial charge in [-0.3, -0.25) is 4.79 Å². The molecular formula is C17H19N5O5. The number of nitrogens with zero attached hydrogens (tertiary/aromatic N) is 3. The van der Waals surface area contributed by atoms with Gasteiger partial charge >= 0.3 is 5.97 Å². The van der Waals surface area contributed by atoms with Crippen molar-refractivity contribution >= 4 is 11.9 Å². The summed E-state index contributed by atoms with van der Waals surface area (Å²) in [5, 5.41) is 24.9. The van der Waals surface area contributed by atoms with E-state index in [-0.39, 0.29) is 29.5 Å². The number of pyridine rings is 1. The van der Waals surface area contributed by atoms with E-state index in [1.807, 2.05) is 0 Å². The van der Waals surface area contributed by atoms with Crippen LogP contribution < -0.4 is 11.1 Å². The van der Waals surface area contributed by atoms with Crippen LogP contribution in [0.15, 0.2) is 34.1 Å². The lowest BCUT2D eigenvalue weighted by Gasteiger charge is -2.19. The number of aromatic nitrogens is 3. The van der Waals surface area contributed by atoms with Gasteiger partial charge in [-0.1, -0.05) is 5.16 Å². The monoisotopic (exact) mass is 373 g/mol. The van der Waals surface area contributed by atoms with Crippen LogP contribution in [0.1, 0.15) is 31.6 Å². The average molecular weight is 373 g/mol. The van der Waals surface area contributed by atoms with Crippen molar-refractivity contribution in [3.05, 3.63) is 35.5 Å². The first-order valence-corrected chi connectivity index (χ1v) is 8.44. The van der Waals surface area contributed by atoms with E-state index in [9.17, 15) is 19.8 Å². The largest absolute Gasteiger partial charge is 0.506 e. The molecule has 0 aromatic carbocycles. The maximum atomic E-state index is 12.3. The van der Waals surface area contributed by atoms with Crippen molar-refractivity contribution in [3.63, 3.8) is 0 Å². The second kappa shape index (κ2) is 7.96. The molecule has 27 heavy (non-hydrogen) atoms. The van der Waals surface area contributed by atoms with Gasteiger partial charge in [0.1, 0.15) is 11.4 Å². The molecule has 0 fully saturated rings. The topological polar surface area (TPSA) is 164 Å². The fourth-order valence-electron chi connectivity index (χ4n) is 2.76. The van der Waals surface area contributed by atoms with Crippen molar-refractivity contribution in [2.75, 3.05) is 0 Å². The maximum Gasteiger partial charge on any atom is 0.333 e. The lowest BCUT2D eigenvalue weighted by molar-refractivity contribution is -0.133. The van der Waals surface area contributed by atoms with Crippen molar-refractivity contribution in [3.8, 4) is 17.3 Å². The van der Waals surface area contributed by atoms with Crippen LogP contribution in [0.5, 0.6) is 5.75 Å². The summed E-state index contributed by atoms with van der Waals surface area (Å²) in [6, 6.07) is 1.99. The maximum absolute atomic E-state index is 12.3. The molecule has 2 aromatic rings. The first kappa shape index (κ1) is 18.5. The molecule has 1 aliphatic rings. The molecule has 142 valence electrons. The quantitative estimate of drug-likeness (QED) is 0.571. The van der Waals surface area contributed by atoms with Gasteiger partial charge in [0.25, 0.3) is 0 Å². The minimum atomic E-state index is -1.03. The molecular weight excluding hydrogens is 354 g/mol. The van der Waals surface area contributed by atoms with Crippen molar-refractivity contribution in [2.24, 2.45) is 5.73 Å². The van der Waals surface area contributed by atoms with Gasteiger partial charge in [-0.25, -0.2) is 9.78 Å². The summed E-state index contributed by atoms with van der Waals surface area (Å²) >= 11 is 0. The third kappa shape index (κ3) is 4.47. The Morgan fingerprint density at radius 2 is 2.07 bits per heavy atom. The second-order valence-electron chi connectivity index (χ2n) is 6.18. The number of carboxylic acids is 1. The number of hydrogen-bond donors (Lipinski definition) is 4. The Hall–Kier alpha value is -3.27. The van der Waals surface area contributed by atoms with Crippen LogP contribution in [0.4, 0.5) is 0 Å². The molecule has 1 amide bonds. The number of aromatic hydroxyl groups is 1. The van der Waals surface area contributed by atoms with Crippen LogP contribution in [-0.4, -0.2) is 43.3 Å². The molecule has 10 nitrogen and oxygen atoms in total. The highest BCUT2D eigenvalue weighted by atomic mass is 16.5. The summed E-state index contributed by atoms with van der Waals surface area (Å²) in [6.07, 6.45) is 3.76. The smallest absolute Gasteiger partial charge is 0.333 e. The predicted molar refractivity (Wildman–Crippen MR) is 92.1 cm³/mol. The van der Waals surface area contributed by atoms with Crippen molar-refractivity contribution in [1.29, 1.82) is 0 Å². The molecule has 0 saturated heterocycles. The van der Waals surface area contributed by atoms with Crippen LogP contribution in [0.3, 0.4) is 0 Å². The van der Waals surface area contributed by atoms with E-state index in [4.69, 9.17) is 10.3 Å². The summed E-state index contributed by atoms with van der Waals surface area (Å²) in [7, 11) is 0. The fourth-order valence-corrected chi connectivity index (χ4v) is 2.76. The molecule has 10 heteroatoms. The minimum Gasteiger partial charge on any atom is -0.506 e. The Morgan fingerprint density at radius 3 is 2.78 bits per heavy atom. The number of carboxylic acid groups (broad SMARTS) is 1. The zero-order valence-electron chi connectivity index (χ0n) is 14.4. The fraction of sp³-hybridized carbons (Fsp3) is 0.353. The van der Waals surface area contributed by atoms with Gasteiger partial charge in [-0.15, -0.1) is 0 Å². The zero-order valence-corrected chi connectivity index (χ0v) is 14.4. The van der Waals surface area contributed by atoms with Gasteiger partial charge in [0.15, 0.2) is 0 Å². The highest BCUT2D eigenvalue weighted by Gasteiger charge is 2.24. The molecule has 0 radical (unpaired) electrons. The summed E-state index contributed by atoms with van der Waals surface area (Å²) in [4.78, 5) is 31.7. The lowest BCUT2D eigenvalue weighted by atomic mass is 9.96. The van der Waals surface area contributed by atoms with Crippen LogP contribution >= 0.6 is 0 Å². The summed E-state index contributed by atoms with van der Waals surface area (Å²) < 4.78 is 5.09. The van der Waals surface area contributed by atoms with E-state index in [1.165, 1.54) is 18.3 Å². The molecule has 0 aliphatic heterocycles. The van der Waals surface area contributed by atoms with E-state index in [1.54, 1.807) is 0 Å². The van der Waals surface area contributed by atoms with E-state index in [0.29, 0.717) is 24.2 Å². The highest BCUT2D eigenvalue weighted by molar-refractivity contribution is 5.90. The molecule has 5 N–H and O–H groups in total. The second-order valence-corrected chi connectivity index (χ2v) is 6.18. The van der Waals surface area contributed by atoms with Crippen molar-refractivity contribution < 1.29 is 24.3 Å². The Balaban J connectivity index is 1.65. The number of nitrogens with one attached hydrogen (secondary N) is 1. The number of amides is 1. The predicted octanol–water partition coefficient (Wildman–Crippen LogP) is 0.736. The SMILES string of the molecule is N[C@@H](Cc1nc(-c2ccc(O)cn2)no1)C(=O)NC1=C(C(=O)O)CCCC1. The number of aliphatic carboxylic acids is 1. The first-order chi connectivity index (χ1) is 12.9. The Labute approximate surface area is 154 Å². The third-order valence-electron chi connectivity index (χ3n) is 4.18. The first-order valence-electron chi connectivity index (χ1n) is 8.44. The lowest BCUT2D eigenvalue weighted by Crippen LogP contribution is -2.42. The summed E-state index contributed by atoms with van der Waals surface area (Å²) in [6.45, 7) is 0. The van der Waals surface area contributed by atoms with Crippen molar-refractivity contribution in [1.82, 2.24) is 20.4 Å². The van der Waals surface area contributed by atoms with Crippen LogP contribution in [0.25, 0.3) is 11.5 Å². The summed E-state index contributed by atoms with van der Waals surface area (Å²) in [5.74, 6) is -1.16. The molecule has 0 spiro atoms. The molecule has 0 unspecified atom stereocenters. The Kier molecular flexibility index (Phi) is 5.46. The highest BCUT2D eigenvalue weighted by Crippen LogP contribution is 2.23. The number of carbonyl (C=O) groups is 2. The minimum absolute atomic E-state index is 0.00734. The van der Waals surface area contributed by atoms with Crippen LogP contribution in [-0.2, 0) is 16.0 Å². The van der Waals surface area contributed by atoms with Gasteiger partial charge < -0.3 is 25.8 Å². The Bertz CT molecular complexity index is 874.